The fourth-order valence-corrected chi connectivity index (χ4v) is 5.95. The molecule has 16 heteroatoms. The van der Waals surface area contributed by atoms with Crippen molar-refractivity contribution in [3.05, 3.63) is 83.3 Å². The van der Waals surface area contributed by atoms with Crippen LogP contribution in [-0.2, 0) is 35.0 Å². The van der Waals surface area contributed by atoms with Gasteiger partial charge in [-0.15, -0.1) is 0 Å². The summed E-state index contributed by atoms with van der Waals surface area (Å²) in [6, 6.07) is 9.66. The van der Waals surface area contributed by atoms with Gasteiger partial charge in [-0.25, -0.2) is 4.79 Å². The van der Waals surface area contributed by atoms with E-state index >= 15 is 0 Å². The molecule has 0 radical (unpaired) electrons. The number of imide groups is 1. The number of halogens is 2. The van der Waals surface area contributed by atoms with E-state index < -0.39 is 34.9 Å². The average Bonchev–Trinajstić information content (AvgIpc) is 3.48. The summed E-state index contributed by atoms with van der Waals surface area (Å²) in [5.74, 6) is -0.885. The molecule has 4 aromatic rings. The number of imidazole rings is 1. The maximum atomic E-state index is 13.3. The highest BCUT2D eigenvalue weighted by atomic mass is 35.5. The van der Waals surface area contributed by atoms with Crippen LogP contribution in [0.15, 0.2) is 50.9 Å². The smallest absolute Gasteiger partial charge is 0.332 e. The number of aryl methyl sites for hydroxylation is 1. The number of carbonyl (C=O) groups is 3. The van der Waals surface area contributed by atoms with Crippen molar-refractivity contribution in [3.63, 3.8) is 0 Å². The molecule has 0 spiro atoms. The molecule has 1 saturated heterocycles. The van der Waals surface area contributed by atoms with Crippen LogP contribution >= 0.6 is 35.0 Å². The molecule has 1 aliphatic rings. The molecule has 0 N–H and O–H groups in total. The molecule has 0 bridgehead atoms. The van der Waals surface area contributed by atoms with E-state index in [9.17, 15) is 24.0 Å². The highest BCUT2D eigenvalue weighted by Gasteiger charge is 2.37. The standard InChI is InChI=1S/C30H27Cl2N5O8S/c1-15(2)44-23(38)14-37-26(39)22(46-30(37)42)11-16-6-9-20(21(10-16)43-5)45-28-33-25-24(27(40)35(4)29(41)34(25)3)36(28)13-17-7-8-18(31)12-19(17)32/h6-12,15H,13-14H2,1-5H3/b22-11-. The Kier molecular flexibility index (Phi) is 9.33. The number of carbonyl (C=O) groups excluding carboxylic acids is 3. The molecule has 2 amide bonds. The predicted octanol–water partition coefficient (Wildman–Crippen LogP) is 4.58. The highest BCUT2D eigenvalue weighted by molar-refractivity contribution is 8.18. The van der Waals surface area contributed by atoms with Crippen LogP contribution in [0.1, 0.15) is 25.0 Å². The van der Waals surface area contributed by atoms with Crippen molar-refractivity contribution in [2.24, 2.45) is 14.1 Å². The highest BCUT2D eigenvalue weighted by Crippen LogP contribution is 2.37. The van der Waals surface area contributed by atoms with Crippen molar-refractivity contribution in [1.29, 1.82) is 0 Å². The third kappa shape index (κ3) is 6.41. The lowest BCUT2D eigenvalue weighted by molar-refractivity contribution is -0.149. The first-order valence-electron chi connectivity index (χ1n) is 13.7. The lowest BCUT2D eigenvalue weighted by Crippen LogP contribution is -2.37. The van der Waals surface area contributed by atoms with Crippen molar-refractivity contribution in [2.45, 2.75) is 26.5 Å². The molecule has 1 fully saturated rings. The molecule has 3 heterocycles. The molecular formula is C30H27Cl2N5O8S. The van der Waals surface area contributed by atoms with Gasteiger partial charge in [0.25, 0.3) is 16.7 Å². The van der Waals surface area contributed by atoms with Gasteiger partial charge < -0.3 is 14.2 Å². The second-order valence-corrected chi connectivity index (χ2v) is 12.2. The van der Waals surface area contributed by atoms with Gasteiger partial charge in [0.1, 0.15) is 6.54 Å². The van der Waals surface area contributed by atoms with Gasteiger partial charge in [-0.3, -0.25) is 37.8 Å². The summed E-state index contributed by atoms with van der Waals surface area (Å²) in [7, 11) is 4.27. The molecule has 5 rings (SSSR count). The number of amides is 2. The molecule has 46 heavy (non-hydrogen) atoms. The zero-order chi connectivity index (χ0) is 33.4. The number of nitrogens with zero attached hydrogens (tertiary/aromatic N) is 5. The molecule has 2 aromatic heterocycles. The summed E-state index contributed by atoms with van der Waals surface area (Å²) >= 11 is 13.2. The van der Waals surface area contributed by atoms with Crippen molar-refractivity contribution in [3.8, 4) is 17.5 Å². The van der Waals surface area contributed by atoms with Gasteiger partial charge in [-0.1, -0.05) is 35.3 Å². The van der Waals surface area contributed by atoms with Crippen LogP contribution in [-0.4, -0.2) is 60.5 Å². The van der Waals surface area contributed by atoms with E-state index in [1.54, 1.807) is 50.2 Å². The van der Waals surface area contributed by atoms with Gasteiger partial charge >= 0.3 is 17.7 Å². The molecule has 1 aliphatic heterocycles. The fourth-order valence-electron chi connectivity index (χ4n) is 4.64. The van der Waals surface area contributed by atoms with Crippen LogP contribution < -0.4 is 20.7 Å². The number of methoxy groups -OCH3 is 1. The van der Waals surface area contributed by atoms with E-state index in [4.69, 9.17) is 37.4 Å². The summed E-state index contributed by atoms with van der Waals surface area (Å²) in [4.78, 5) is 68.8. The van der Waals surface area contributed by atoms with E-state index in [1.165, 1.54) is 36.4 Å². The Morgan fingerprint density at radius 2 is 1.76 bits per heavy atom. The van der Waals surface area contributed by atoms with Gasteiger partial charge in [0.05, 0.1) is 24.7 Å². The number of esters is 1. The molecule has 13 nitrogen and oxygen atoms in total. The summed E-state index contributed by atoms with van der Waals surface area (Å²) in [5.41, 5.74) is 0.156. The minimum Gasteiger partial charge on any atom is -0.493 e. The van der Waals surface area contributed by atoms with Gasteiger partial charge in [0.2, 0.25) is 0 Å². The summed E-state index contributed by atoms with van der Waals surface area (Å²) in [5, 5.41) is 0.191. The van der Waals surface area contributed by atoms with Crippen LogP contribution in [0.5, 0.6) is 17.5 Å². The third-order valence-electron chi connectivity index (χ3n) is 6.87. The zero-order valence-electron chi connectivity index (χ0n) is 25.2. The molecule has 0 saturated carbocycles. The van der Waals surface area contributed by atoms with Crippen LogP contribution in [0, 0.1) is 0 Å². The number of fused-ring (bicyclic) bond motifs is 1. The summed E-state index contributed by atoms with van der Waals surface area (Å²) in [6.07, 6.45) is 1.10. The van der Waals surface area contributed by atoms with E-state index in [2.05, 4.69) is 4.98 Å². The van der Waals surface area contributed by atoms with Gasteiger partial charge in [-0.2, -0.15) is 4.98 Å². The van der Waals surface area contributed by atoms with Crippen LogP contribution in [0.4, 0.5) is 4.79 Å². The maximum Gasteiger partial charge on any atom is 0.332 e. The van der Waals surface area contributed by atoms with E-state index in [0.29, 0.717) is 32.9 Å². The minimum absolute atomic E-state index is 0.0280. The lowest BCUT2D eigenvalue weighted by Gasteiger charge is -2.14. The van der Waals surface area contributed by atoms with Crippen molar-refractivity contribution in [2.75, 3.05) is 13.7 Å². The first-order chi connectivity index (χ1) is 21.8. The van der Waals surface area contributed by atoms with E-state index in [0.717, 1.165) is 9.47 Å². The number of benzene rings is 2. The van der Waals surface area contributed by atoms with E-state index in [1.807, 2.05) is 0 Å². The van der Waals surface area contributed by atoms with Crippen LogP contribution in [0.25, 0.3) is 17.2 Å². The molecule has 0 unspecified atom stereocenters. The zero-order valence-corrected chi connectivity index (χ0v) is 27.5. The van der Waals surface area contributed by atoms with Crippen molar-refractivity contribution < 1.29 is 28.6 Å². The SMILES string of the molecule is COc1cc(/C=C2\SC(=O)N(CC(=O)OC(C)C)C2=O)ccc1Oc1nc2c(c(=O)n(C)c(=O)n2C)n1Cc1ccc(Cl)cc1Cl. The third-order valence-corrected chi connectivity index (χ3v) is 8.37. The first-order valence-corrected chi connectivity index (χ1v) is 15.3. The maximum absolute atomic E-state index is 13.3. The molecular weight excluding hydrogens is 661 g/mol. The Balaban J connectivity index is 1.51. The van der Waals surface area contributed by atoms with Crippen molar-refractivity contribution >= 4 is 69.3 Å². The normalized spacial score (nSPS) is 14.2. The predicted molar refractivity (Wildman–Crippen MR) is 173 cm³/mol. The molecule has 240 valence electrons. The Labute approximate surface area is 275 Å². The van der Waals surface area contributed by atoms with Gasteiger partial charge in [0.15, 0.2) is 22.7 Å². The Hall–Kier alpha value is -4.53. The Morgan fingerprint density at radius 1 is 1.02 bits per heavy atom. The number of thioether (sulfide) groups is 1. The van der Waals surface area contributed by atoms with Crippen LogP contribution in [0.2, 0.25) is 10.0 Å². The minimum atomic E-state index is -0.691. The number of aromatic nitrogens is 4. The number of hydrogen-bond donors (Lipinski definition) is 0. The largest absolute Gasteiger partial charge is 0.493 e. The fraction of sp³-hybridized carbons (Fsp3) is 0.267. The number of ether oxygens (including phenoxy) is 3. The summed E-state index contributed by atoms with van der Waals surface area (Å²) < 4.78 is 20.5. The molecule has 0 aliphatic carbocycles. The second-order valence-electron chi connectivity index (χ2n) is 10.4. The monoisotopic (exact) mass is 687 g/mol. The van der Waals surface area contributed by atoms with Gasteiger partial charge in [-0.05, 0) is 67.1 Å². The summed E-state index contributed by atoms with van der Waals surface area (Å²) in [6.45, 7) is 2.89. The lowest BCUT2D eigenvalue weighted by atomic mass is 10.2. The van der Waals surface area contributed by atoms with Crippen molar-refractivity contribution in [1.82, 2.24) is 23.6 Å². The number of rotatable bonds is 9. The molecule has 0 atom stereocenters. The number of hydrogen-bond acceptors (Lipinski definition) is 10. The topological polar surface area (TPSA) is 144 Å². The Morgan fingerprint density at radius 3 is 2.43 bits per heavy atom. The first kappa shape index (κ1) is 32.9. The van der Waals surface area contributed by atoms with Crippen LogP contribution in [0.3, 0.4) is 0 Å². The quantitative estimate of drug-likeness (QED) is 0.181. The molecule has 2 aromatic carbocycles. The van der Waals surface area contributed by atoms with Gasteiger partial charge in [0, 0.05) is 24.1 Å². The average molecular weight is 689 g/mol. The second kappa shape index (κ2) is 13.1. The van der Waals surface area contributed by atoms with E-state index in [-0.39, 0.29) is 46.2 Å². The Bertz CT molecular complexity index is 2070.